The maximum atomic E-state index is 12.2. The molecule has 0 heterocycles. The molecular weight excluding hydrogens is 306 g/mol. The van der Waals surface area contributed by atoms with Gasteiger partial charge in [-0.15, -0.1) is 0 Å². The Balaban J connectivity index is 3.24. The lowest BCUT2D eigenvalue weighted by Gasteiger charge is -2.21. The van der Waals surface area contributed by atoms with Crippen LogP contribution in [0.25, 0.3) is 0 Å². The zero-order valence-corrected chi connectivity index (χ0v) is 12.3. The molecule has 0 saturated carbocycles. The molecule has 0 fully saturated rings. The van der Waals surface area contributed by atoms with Crippen molar-refractivity contribution in [2.75, 3.05) is 0 Å². The third-order valence-corrected chi connectivity index (χ3v) is 4.81. The minimum Gasteiger partial charge on any atom is -0.258 e. The first kappa shape index (κ1) is 16.4. The molecule has 0 bridgehead atoms. The van der Waals surface area contributed by atoms with E-state index in [9.17, 15) is 18.5 Å². The number of non-ortho nitro benzene ring substituents is 1. The Hall–Kier alpha value is -1.69. The quantitative estimate of drug-likeness (QED) is 0.660. The van der Waals surface area contributed by atoms with Gasteiger partial charge in [0.1, 0.15) is 10.4 Å². The Labute approximate surface area is 121 Å². The standard InChI is InChI=1S/C11H12ClN3O4S/c1-3-11(2,7-13)14-20(18,19)10-5-4-8(15(16)17)6-9(10)12/h4-6,14H,3H2,1-2H3. The predicted molar refractivity (Wildman–Crippen MR) is 72.7 cm³/mol. The number of hydrogen-bond acceptors (Lipinski definition) is 5. The molecule has 9 heteroatoms. The van der Waals surface area contributed by atoms with Gasteiger partial charge in [0.05, 0.1) is 16.0 Å². The minimum absolute atomic E-state index is 0.257. The van der Waals surface area contributed by atoms with Crippen molar-refractivity contribution in [2.24, 2.45) is 0 Å². The molecule has 1 N–H and O–H groups in total. The molecule has 0 aliphatic rings. The number of nitro groups is 1. The predicted octanol–water partition coefficient (Wildman–Crippen LogP) is 2.22. The van der Waals surface area contributed by atoms with Crippen LogP contribution in [0.4, 0.5) is 5.69 Å². The van der Waals surface area contributed by atoms with Crippen LogP contribution in [0.15, 0.2) is 23.1 Å². The van der Waals surface area contributed by atoms with Crippen LogP contribution in [0.2, 0.25) is 5.02 Å². The number of rotatable bonds is 5. The fraction of sp³-hybridized carbons (Fsp3) is 0.364. The lowest BCUT2D eigenvalue weighted by atomic mass is 10.0. The van der Waals surface area contributed by atoms with Gasteiger partial charge >= 0.3 is 0 Å². The summed E-state index contributed by atoms with van der Waals surface area (Å²) in [7, 11) is -4.04. The summed E-state index contributed by atoms with van der Waals surface area (Å²) in [5.74, 6) is 0. The lowest BCUT2D eigenvalue weighted by Crippen LogP contribution is -2.44. The van der Waals surface area contributed by atoms with Crippen LogP contribution >= 0.6 is 11.6 Å². The maximum Gasteiger partial charge on any atom is 0.271 e. The monoisotopic (exact) mass is 317 g/mol. The van der Waals surface area contributed by atoms with Crippen LogP contribution in [0.1, 0.15) is 20.3 Å². The number of nitriles is 1. The van der Waals surface area contributed by atoms with E-state index < -0.39 is 20.5 Å². The summed E-state index contributed by atoms with van der Waals surface area (Å²) in [5, 5.41) is 19.3. The van der Waals surface area contributed by atoms with Crippen LogP contribution in [-0.4, -0.2) is 18.9 Å². The topological polar surface area (TPSA) is 113 Å². The summed E-state index contributed by atoms with van der Waals surface area (Å²) in [6.45, 7) is 3.09. The summed E-state index contributed by atoms with van der Waals surface area (Å²) in [6, 6.07) is 4.89. The fourth-order valence-electron chi connectivity index (χ4n) is 1.35. The molecule has 0 saturated heterocycles. The Kier molecular flexibility index (Phi) is 4.70. The largest absolute Gasteiger partial charge is 0.271 e. The van der Waals surface area contributed by atoms with Gasteiger partial charge < -0.3 is 0 Å². The van der Waals surface area contributed by atoms with E-state index in [1.165, 1.54) is 6.92 Å². The minimum atomic E-state index is -4.04. The van der Waals surface area contributed by atoms with E-state index in [0.29, 0.717) is 0 Å². The maximum absolute atomic E-state index is 12.2. The van der Waals surface area contributed by atoms with Gasteiger partial charge in [-0.3, -0.25) is 10.1 Å². The van der Waals surface area contributed by atoms with Crippen molar-refractivity contribution >= 4 is 27.3 Å². The summed E-state index contributed by atoms with van der Waals surface area (Å²) in [4.78, 5) is 9.59. The van der Waals surface area contributed by atoms with Crippen molar-refractivity contribution in [3.05, 3.63) is 33.3 Å². The molecule has 0 aliphatic carbocycles. The van der Waals surface area contributed by atoms with Crippen LogP contribution in [0, 0.1) is 21.4 Å². The number of nitro benzene ring substituents is 1. The third-order valence-electron chi connectivity index (χ3n) is 2.73. The normalized spacial score (nSPS) is 14.3. The molecule has 1 rings (SSSR count). The van der Waals surface area contributed by atoms with E-state index >= 15 is 0 Å². The Morgan fingerprint density at radius 3 is 2.55 bits per heavy atom. The number of benzene rings is 1. The molecule has 0 spiro atoms. The highest BCUT2D eigenvalue weighted by molar-refractivity contribution is 7.89. The van der Waals surface area contributed by atoms with Crippen molar-refractivity contribution in [2.45, 2.75) is 30.7 Å². The number of nitrogens with zero attached hydrogens (tertiary/aromatic N) is 2. The van der Waals surface area contributed by atoms with E-state index in [-0.39, 0.29) is 22.0 Å². The number of nitrogens with one attached hydrogen (secondary N) is 1. The van der Waals surface area contributed by atoms with Gasteiger partial charge in [-0.25, -0.2) is 8.42 Å². The van der Waals surface area contributed by atoms with Crippen molar-refractivity contribution in [1.29, 1.82) is 5.26 Å². The Bertz CT molecular complexity index is 683. The van der Waals surface area contributed by atoms with E-state index in [1.807, 2.05) is 6.07 Å². The molecule has 108 valence electrons. The third kappa shape index (κ3) is 3.45. The van der Waals surface area contributed by atoms with E-state index in [2.05, 4.69) is 4.72 Å². The summed E-state index contributed by atoms with van der Waals surface area (Å²) in [6.07, 6.45) is 0.257. The highest BCUT2D eigenvalue weighted by Gasteiger charge is 2.30. The van der Waals surface area contributed by atoms with Gasteiger partial charge in [-0.2, -0.15) is 9.98 Å². The molecule has 0 radical (unpaired) electrons. The highest BCUT2D eigenvalue weighted by atomic mass is 35.5. The van der Waals surface area contributed by atoms with Crippen molar-refractivity contribution in [1.82, 2.24) is 4.72 Å². The van der Waals surface area contributed by atoms with Crippen LogP contribution in [0.3, 0.4) is 0 Å². The van der Waals surface area contributed by atoms with Crippen molar-refractivity contribution in [3.63, 3.8) is 0 Å². The summed E-state index contributed by atoms with van der Waals surface area (Å²) in [5.41, 5.74) is -1.59. The van der Waals surface area contributed by atoms with Gasteiger partial charge in [0.25, 0.3) is 5.69 Å². The zero-order valence-electron chi connectivity index (χ0n) is 10.8. The van der Waals surface area contributed by atoms with Gasteiger partial charge in [-0.1, -0.05) is 18.5 Å². The molecule has 7 nitrogen and oxygen atoms in total. The molecule has 20 heavy (non-hydrogen) atoms. The SMILES string of the molecule is CCC(C)(C#N)NS(=O)(=O)c1ccc([N+](=O)[O-])cc1Cl. The summed E-state index contributed by atoms with van der Waals surface area (Å²) < 4.78 is 26.5. The van der Waals surface area contributed by atoms with Gasteiger partial charge in [-0.05, 0) is 19.4 Å². The van der Waals surface area contributed by atoms with Crippen molar-refractivity contribution in [3.8, 4) is 6.07 Å². The number of hydrogen-bond donors (Lipinski definition) is 1. The molecule has 1 aromatic rings. The Morgan fingerprint density at radius 1 is 1.55 bits per heavy atom. The Morgan fingerprint density at radius 2 is 2.15 bits per heavy atom. The fourth-order valence-corrected chi connectivity index (χ4v) is 3.28. The molecule has 1 unspecified atom stereocenters. The number of halogens is 1. The second-order valence-corrected chi connectivity index (χ2v) is 6.33. The number of sulfonamides is 1. The van der Waals surface area contributed by atoms with E-state index in [4.69, 9.17) is 16.9 Å². The first-order valence-electron chi connectivity index (χ1n) is 5.54. The zero-order chi connectivity index (χ0) is 15.6. The second-order valence-electron chi connectivity index (χ2n) is 4.27. The molecular formula is C11H12ClN3O4S. The highest BCUT2D eigenvalue weighted by Crippen LogP contribution is 2.27. The van der Waals surface area contributed by atoms with E-state index in [1.54, 1.807) is 6.92 Å². The van der Waals surface area contributed by atoms with E-state index in [0.717, 1.165) is 18.2 Å². The molecule has 0 aromatic heterocycles. The van der Waals surface area contributed by atoms with Gasteiger partial charge in [0.15, 0.2) is 0 Å². The van der Waals surface area contributed by atoms with Crippen LogP contribution < -0.4 is 4.72 Å². The second kappa shape index (κ2) is 5.75. The summed E-state index contributed by atoms with van der Waals surface area (Å²) >= 11 is 5.77. The van der Waals surface area contributed by atoms with Crippen LogP contribution in [0.5, 0.6) is 0 Å². The molecule has 1 aromatic carbocycles. The lowest BCUT2D eigenvalue weighted by molar-refractivity contribution is -0.384. The average molecular weight is 318 g/mol. The first-order valence-corrected chi connectivity index (χ1v) is 7.40. The van der Waals surface area contributed by atoms with Crippen molar-refractivity contribution < 1.29 is 13.3 Å². The molecule has 0 aliphatic heterocycles. The molecule has 1 atom stereocenters. The van der Waals surface area contributed by atoms with Gasteiger partial charge in [0.2, 0.25) is 10.0 Å². The van der Waals surface area contributed by atoms with Crippen LogP contribution in [-0.2, 0) is 10.0 Å². The average Bonchev–Trinajstić information content (AvgIpc) is 2.37. The smallest absolute Gasteiger partial charge is 0.258 e. The molecule has 0 amide bonds. The first-order chi connectivity index (χ1) is 9.15. The van der Waals surface area contributed by atoms with Gasteiger partial charge in [0, 0.05) is 12.1 Å².